The summed E-state index contributed by atoms with van der Waals surface area (Å²) in [5, 5.41) is 33.6. The van der Waals surface area contributed by atoms with Crippen molar-refractivity contribution in [3.63, 3.8) is 0 Å². The maximum absolute atomic E-state index is 12.5. The number of aliphatic hydroxyl groups is 3. The second-order valence-corrected chi connectivity index (χ2v) is 17.0. The van der Waals surface area contributed by atoms with Crippen molar-refractivity contribution >= 4 is 5.91 Å². The number of unbranched alkanes of at least 4 members (excludes halogenated alkanes) is 35. The summed E-state index contributed by atoms with van der Waals surface area (Å²) in [6, 6.07) is -0.821. The molecule has 0 aromatic carbocycles. The molecule has 0 spiro atoms. The summed E-state index contributed by atoms with van der Waals surface area (Å²) < 4.78 is 0. The normalized spacial score (nSPS) is 13.5. The van der Waals surface area contributed by atoms with Crippen LogP contribution in [-0.2, 0) is 4.79 Å². The average molecular weight is 764 g/mol. The second kappa shape index (κ2) is 44.8. The quantitative estimate of drug-likeness (QED) is 0.0367. The number of carbonyl (C=O) groups is 1. The third-order valence-corrected chi connectivity index (χ3v) is 11.6. The zero-order chi connectivity index (χ0) is 39.4. The summed E-state index contributed by atoms with van der Waals surface area (Å²) in [6.07, 6.45) is 53.4. The molecule has 1 amide bonds. The molecule has 0 aromatic rings. The van der Waals surface area contributed by atoms with E-state index in [0.717, 1.165) is 38.5 Å². The number of amides is 1. The number of carbonyl (C=O) groups excluding carboxylic acids is 1. The van der Waals surface area contributed by atoms with Crippen LogP contribution in [0.3, 0.4) is 0 Å². The predicted molar refractivity (Wildman–Crippen MR) is 236 cm³/mol. The minimum Gasteiger partial charge on any atom is -0.394 e. The number of hydrogen-bond acceptors (Lipinski definition) is 4. The van der Waals surface area contributed by atoms with E-state index in [1.165, 1.54) is 205 Å². The van der Waals surface area contributed by atoms with Crippen LogP contribution in [0.1, 0.15) is 271 Å². The van der Waals surface area contributed by atoms with E-state index in [9.17, 15) is 20.1 Å². The Hall–Kier alpha value is -0.910. The Bertz CT molecular complexity index is 758. The Kier molecular flexibility index (Phi) is 44.0. The second-order valence-electron chi connectivity index (χ2n) is 17.0. The van der Waals surface area contributed by atoms with Gasteiger partial charge in [0, 0.05) is 6.42 Å². The molecule has 0 saturated heterocycles. The van der Waals surface area contributed by atoms with Gasteiger partial charge < -0.3 is 20.6 Å². The van der Waals surface area contributed by atoms with E-state index in [-0.39, 0.29) is 12.5 Å². The van der Waals surface area contributed by atoms with Crippen LogP contribution in [0.4, 0.5) is 0 Å². The van der Waals surface area contributed by atoms with Gasteiger partial charge in [0.15, 0.2) is 0 Å². The number of hydrogen-bond donors (Lipinski definition) is 4. The van der Waals surface area contributed by atoms with Gasteiger partial charge in [-0.2, -0.15) is 0 Å². The van der Waals surface area contributed by atoms with Gasteiger partial charge >= 0.3 is 0 Å². The average Bonchev–Trinajstić information content (AvgIpc) is 3.18. The van der Waals surface area contributed by atoms with Crippen molar-refractivity contribution in [2.24, 2.45) is 0 Å². The smallest absolute Gasteiger partial charge is 0.220 e. The van der Waals surface area contributed by atoms with Crippen LogP contribution in [-0.4, -0.2) is 46.1 Å². The van der Waals surface area contributed by atoms with Gasteiger partial charge in [-0.05, 0) is 38.5 Å². The van der Waals surface area contributed by atoms with E-state index >= 15 is 0 Å². The monoisotopic (exact) mass is 764 g/mol. The van der Waals surface area contributed by atoms with Crippen LogP contribution in [0.5, 0.6) is 0 Å². The molecule has 0 aliphatic carbocycles. The summed E-state index contributed by atoms with van der Waals surface area (Å²) in [5.74, 6) is -0.149. The molecule has 5 heteroatoms. The highest BCUT2D eigenvalue weighted by molar-refractivity contribution is 5.76. The summed E-state index contributed by atoms with van der Waals surface area (Å²) in [6.45, 7) is 4.20. The lowest BCUT2D eigenvalue weighted by Crippen LogP contribution is -2.50. The maximum atomic E-state index is 12.5. The number of aliphatic hydroxyl groups excluding tert-OH is 3. The summed E-state index contributed by atoms with van der Waals surface area (Å²) in [4.78, 5) is 12.5. The molecule has 0 fully saturated rings. The first-order chi connectivity index (χ1) is 26.6. The molecule has 0 aromatic heterocycles. The fraction of sp³-hybridized carbons (Fsp3) is 0.939. The highest BCUT2D eigenvalue weighted by Crippen LogP contribution is 2.17. The van der Waals surface area contributed by atoms with Gasteiger partial charge in [0.2, 0.25) is 5.91 Å². The highest BCUT2D eigenvalue weighted by atomic mass is 16.3. The molecule has 0 rings (SSSR count). The molecule has 0 heterocycles. The molecule has 3 unspecified atom stereocenters. The van der Waals surface area contributed by atoms with Gasteiger partial charge in [0.05, 0.1) is 18.8 Å². The summed E-state index contributed by atoms with van der Waals surface area (Å²) in [5.41, 5.74) is 0. The SMILES string of the molecule is CCCCCCCCCCCCCCCCCC/C=C/CCCC(O)C(O)C(CO)NC(=O)CCCCCCCCCCCCCCCCCCCCC. The minimum absolute atomic E-state index is 0.149. The topological polar surface area (TPSA) is 89.8 Å². The van der Waals surface area contributed by atoms with Gasteiger partial charge in [0.25, 0.3) is 0 Å². The maximum Gasteiger partial charge on any atom is 0.220 e. The van der Waals surface area contributed by atoms with Crippen molar-refractivity contribution in [3.05, 3.63) is 12.2 Å². The Morgan fingerprint density at radius 3 is 1.07 bits per heavy atom. The van der Waals surface area contributed by atoms with E-state index < -0.39 is 18.2 Å². The molecule has 0 bridgehead atoms. The van der Waals surface area contributed by atoms with Gasteiger partial charge in [-0.15, -0.1) is 0 Å². The predicted octanol–water partition coefficient (Wildman–Crippen LogP) is 14.4. The Balaban J connectivity index is 3.59. The van der Waals surface area contributed by atoms with Gasteiger partial charge in [-0.3, -0.25) is 4.79 Å². The molecule has 54 heavy (non-hydrogen) atoms. The Morgan fingerprint density at radius 2 is 0.741 bits per heavy atom. The molecule has 3 atom stereocenters. The van der Waals surface area contributed by atoms with Crippen molar-refractivity contribution in [2.45, 2.75) is 289 Å². The highest BCUT2D eigenvalue weighted by Gasteiger charge is 2.26. The number of rotatable bonds is 45. The van der Waals surface area contributed by atoms with Crippen LogP contribution in [0.25, 0.3) is 0 Å². The van der Waals surface area contributed by atoms with Crippen molar-refractivity contribution < 1.29 is 20.1 Å². The van der Waals surface area contributed by atoms with Crippen LogP contribution in [0, 0.1) is 0 Å². The molecular weight excluding hydrogens is 667 g/mol. The third kappa shape index (κ3) is 39.3. The van der Waals surface area contributed by atoms with Crippen LogP contribution in [0.2, 0.25) is 0 Å². The van der Waals surface area contributed by atoms with Crippen molar-refractivity contribution in [3.8, 4) is 0 Å². The fourth-order valence-corrected chi connectivity index (χ4v) is 7.81. The largest absolute Gasteiger partial charge is 0.394 e. The standard InChI is InChI=1S/C49H97NO4/c1-3-5-7-9-11-13-15-17-19-21-23-24-26-27-29-31-33-35-37-39-41-43-47(52)49(54)46(45-51)50-48(53)44-42-40-38-36-34-32-30-28-25-22-20-18-16-14-12-10-8-6-4-2/h35,37,46-47,49,51-52,54H,3-34,36,38-45H2,1-2H3,(H,50,53)/b37-35+. The zero-order valence-electron chi connectivity index (χ0n) is 36.6. The van der Waals surface area contributed by atoms with E-state index in [4.69, 9.17) is 0 Å². The molecule has 4 N–H and O–H groups in total. The molecule has 0 aliphatic rings. The lowest BCUT2D eigenvalue weighted by molar-refractivity contribution is -0.124. The van der Waals surface area contributed by atoms with Crippen molar-refractivity contribution in [1.29, 1.82) is 0 Å². The van der Waals surface area contributed by atoms with Crippen LogP contribution >= 0.6 is 0 Å². The molecule has 0 radical (unpaired) electrons. The first-order valence-electron chi connectivity index (χ1n) is 24.5. The van der Waals surface area contributed by atoms with Gasteiger partial charge in [0.1, 0.15) is 6.10 Å². The molecular formula is C49H97NO4. The van der Waals surface area contributed by atoms with Crippen molar-refractivity contribution in [2.75, 3.05) is 6.61 Å². The molecule has 322 valence electrons. The number of allylic oxidation sites excluding steroid dienone is 2. The van der Waals surface area contributed by atoms with Crippen molar-refractivity contribution in [1.82, 2.24) is 5.32 Å². The lowest BCUT2D eigenvalue weighted by Gasteiger charge is -2.26. The van der Waals surface area contributed by atoms with E-state index in [2.05, 4.69) is 31.3 Å². The Morgan fingerprint density at radius 1 is 0.444 bits per heavy atom. The van der Waals surface area contributed by atoms with E-state index in [1.54, 1.807) is 0 Å². The number of nitrogens with one attached hydrogen (secondary N) is 1. The summed E-state index contributed by atoms with van der Waals surface area (Å²) in [7, 11) is 0. The molecule has 0 aliphatic heterocycles. The van der Waals surface area contributed by atoms with Crippen LogP contribution < -0.4 is 5.32 Å². The molecule has 0 saturated carbocycles. The van der Waals surface area contributed by atoms with Gasteiger partial charge in [-0.1, -0.05) is 238 Å². The van der Waals surface area contributed by atoms with E-state index in [0.29, 0.717) is 12.8 Å². The summed E-state index contributed by atoms with van der Waals surface area (Å²) >= 11 is 0. The van der Waals surface area contributed by atoms with E-state index in [1.807, 2.05) is 0 Å². The lowest BCUT2D eigenvalue weighted by atomic mass is 10.0. The third-order valence-electron chi connectivity index (χ3n) is 11.6. The van der Waals surface area contributed by atoms with Crippen LogP contribution in [0.15, 0.2) is 12.2 Å². The Labute approximate surface area is 338 Å². The fourth-order valence-electron chi connectivity index (χ4n) is 7.81. The van der Waals surface area contributed by atoms with Gasteiger partial charge in [-0.25, -0.2) is 0 Å². The molecule has 5 nitrogen and oxygen atoms in total. The first kappa shape index (κ1) is 53.1. The first-order valence-corrected chi connectivity index (χ1v) is 24.5. The zero-order valence-corrected chi connectivity index (χ0v) is 36.6. The minimum atomic E-state index is -1.15.